The van der Waals surface area contributed by atoms with Crippen molar-refractivity contribution in [1.82, 2.24) is 15.1 Å². The summed E-state index contributed by atoms with van der Waals surface area (Å²) >= 11 is 0. The molecule has 1 aliphatic carbocycles. The Labute approximate surface area is 164 Å². The van der Waals surface area contributed by atoms with E-state index >= 15 is 0 Å². The molecule has 2 fully saturated rings. The van der Waals surface area contributed by atoms with Gasteiger partial charge in [-0.1, -0.05) is 13.0 Å². The summed E-state index contributed by atoms with van der Waals surface area (Å²) in [6.07, 6.45) is 2.09. The fourth-order valence-electron chi connectivity index (χ4n) is 3.79. The van der Waals surface area contributed by atoms with Gasteiger partial charge in [-0.05, 0) is 37.6 Å². The Morgan fingerprint density at radius 2 is 1.93 bits per heavy atom. The Bertz CT molecular complexity index is 758. The SMILES string of the molecule is CCC(=O)NC(C(=O)N1CCN(C)CC1)C1(c2ccc(NC=O)c(F)c2)CC1. The molecule has 3 amide bonds. The van der Waals surface area contributed by atoms with Crippen molar-refractivity contribution >= 4 is 23.9 Å². The van der Waals surface area contributed by atoms with Gasteiger partial charge in [0.25, 0.3) is 0 Å². The van der Waals surface area contributed by atoms with E-state index in [0.717, 1.165) is 13.1 Å². The summed E-state index contributed by atoms with van der Waals surface area (Å²) in [7, 11) is 2.01. The Morgan fingerprint density at radius 3 is 2.46 bits per heavy atom. The van der Waals surface area contributed by atoms with Gasteiger partial charge < -0.3 is 20.4 Å². The monoisotopic (exact) mass is 390 g/mol. The normalized spacial score (nSPS) is 19.6. The molecular weight excluding hydrogens is 363 g/mol. The van der Waals surface area contributed by atoms with Gasteiger partial charge in [0.1, 0.15) is 11.9 Å². The Morgan fingerprint density at radius 1 is 1.25 bits per heavy atom. The number of halogens is 1. The predicted octanol–water partition coefficient (Wildman–Crippen LogP) is 1.09. The summed E-state index contributed by atoms with van der Waals surface area (Å²) in [5, 5.41) is 5.22. The van der Waals surface area contributed by atoms with Crippen molar-refractivity contribution in [2.24, 2.45) is 0 Å². The topological polar surface area (TPSA) is 81.8 Å². The minimum absolute atomic E-state index is 0.0917. The first-order chi connectivity index (χ1) is 13.4. The maximum atomic E-state index is 14.4. The van der Waals surface area contributed by atoms with E-state index in [2.05, 4.69) is 15.5 Å². The second-order valence-corrected chi connectivity index (χ2v) is 7.60. The number of hydrogen-bond donors (Lipinski definition) is 2. The van der Waals surface area contributed by atoms with E-state index in [1.54, 1.807) is 17.9 Å². The van der Waals surface area contributed by atoms with Crippen LogP contribution in [0.2, 0.25) is 0 Å². The Kier molecular flexibility index (Phi) is 5.98. The number of nitrogens with one attached hydrogen (secondary N) is 2. The molecule has 0 bridgehead atoms. The molecule has 28 heavy (non-hydrogen) atoms. The average molecular weight is 390 g/mol. The smallest absolute Gasteiger partial charge is 0.246 e. The standard InChI is InChI=1S/C20H27FN4O3/c1-3-17(27)23-18(19(28)25-10-8-24(2)9-11-25)20(6-7-20)14-4-5-16(22-13-26)15(21)12-14/h4-5,12-13,18H,3,6-11H2,1-2H3,(H,22,26)(H,23,27). The van der Waals surface area contributed by atoms with E-state index in [-0.39, 0.29) is 23.9 Å². The molecule has 8 heteroatoms. The highest BCUT2D eigenvalue weighted by Gasteiger charge is 2.55. The highest BCUT2D eigenvalue weighted by Crippen LogP contribution is 2.52. The molecule has 152 valence electrons. The molecular formula is C20H27FN4O3. The molecule has 1 saturated heterocycles. The summed E-state index contributed by atoms with van der Waals surface area (Å²) < 4.78 is 14.4. The van der Waals surface area contributed by atoms with Crippen LogP contribution in [0.15, 0.2) is 18.2 Å². The van der Waals surface area contributed by atoms with E-state index in [0.29, 0.717) is 37.9 Å². The first kappa shape index (κ1) is 20.3. The zero-order chi connectivity index (χ0) is 20.3. The number of anilines is 1. The number of hydrogen-bond acceptors (Lipinski definition) is 4. The third-order valence-corrected chi connectivity index (χ3v) is 5.79. The van der Waals surface area contributed by atoms with Gasteiger partial charge in [0.2, 0.25) is 18.2 Å². The lowest BCUT2D eigenvalue weighted by Gasteiger charge is -2.37. The molecule has 0 aromatic heterocycles. The molecule has 0 radical (unpaired) electrons. The molecule has 0 spiro atoms. The van der Waals surface area contributed by atoms with Crippen LogP contribution in [0.4, 0.5) is 10.1 Å². The lowest BCUT2D eigenvalue weighted by atomic mass is 9.86. The lowest BCUT2D eigenvalue weighted by Crippen LogP contribution is -2.58. The van der Waals surface area contributed by atoms with Crippen molar-refractivity contribution in [2.75, 3.05) is 38.5 Å². The van der Waals surface area contributed by atoms with Crippen LogP contribution in [-0.2, 0) is 19.8 Å². The van der Waals surface area contributed by atoms with Gasteiger partial charge in [-0.3, -0.25) is 14.4 Å². The molecule has 1 unspecified atom stereocenters. The summed E-state index contributed by atoms with van der Waals surface area (Å²) in [4.78, 5) is 40.0. The first-order valence-electron chi connectivity index (χ1n) is 9.68. The molecule has 2 N–H and O–H groups in total. The quantitative estimate of drug-likeness (QED) is 0.683. The minimum Gasteiger partial charge on any atom is -0.343 e. The fourth-order valence-corrected chi connectivity index (χ4v) is 3.79. The molecule has 1 aromatic rings. The van der Waals surface area contributed by atoms with Gasteiger partial charge in [-0.25, -0.2) is 4.39 Å². The van der Waals surface area contributed by atoms with E-state index in [9.17, 15) is 18.8 Å². The van der Waals surface area contributed by atoms with E-state index in [4.69, 9.17) is 0 Å². The largest absolute Gasteiger partial charge is 0.343 e. The van der Waals surface area contributed by atoms with E-state index < -0.39 is 17.3 Å². The minimum atomic E-state index is -0.715. The van der Waals surface area contributed by atoms with Crippen molar-refractivity contribution in [1.29, 1.82) is 0 Å². The molecule has 1 atom stereocenters. The summed E-state index contributed by atoms with van der Waals surface area (Å²) in [6, 6.07) is 3.87. The van der Waals surface area contributed by atoms with Crippen molar-refractivity contribution in [2.45, 2.75) is 37.6 Å². The first-order valence-corrected chi connectivity index (χ1v) is 9.68. The van der Waals surface area contributed by atoms with Crippen LogP contribution in [0.3, 0.4) is 0 Å². The van der Waals surface area contributed by atoms with Gasteiger partial charge in [-0.15, -0.1) is 0 Å². The maximum Gasteiger partial charge on any atom is 0.246 e. The molecule has 1 aliphatic heterocycles. The van der Waals surface area contributed by atoms with Gasteiger partial charge >= 0.3 is 0 Å². The summed E-state index contributed by atoms with van der Waals surface area (Å²) in [6.45, 7) is 4.54. The van der Waals surface area contributed by atoms with Crippen LogP contribution in [0, 0.1) is 5.82 Å². The van der Waals surface area contributed by atoms with Gasteiger partial charge in [-0.2, -0.15) is 0 Å². The van der Waals surface area contributed by atoms with E-state index in [1.807, 2.05) is 7.05 Å². The molecule has 2 aliphatic rings. The van der Waals surface area contributed by atoms with Crippen LogP contribution >= 0.6 is 0 Å². The number of likely N-dealkylation sites (N-methyl/N-ethyl adjacent to an activating group) is 1. The van der Waals surface area contributed by atoms with Crippen molar-refractivity contribution in [3.8, 4) is 0 Å². The molecule has 3 rings (SSSR count). The lowest BCUT2D eigenvalue weighted by molar-refractivity contribution is -0.138. The summed E-state index contributed by atoms with van der Waals surface area (Å²) in [5.74, 6) is -0.857. The number of amides is 3. The maximum absolute atomic E-state index is 14.4. The number of carbonyl (C=O) groups is 3. The Balaban J connectivity index is 1.89. The number of nitrogens with zero attached hydrogens (tertiary/aromatic N) is 2. The molecule has 1 aromatic carbocycles. The predicted molar refractivity (Wildman–Crippen MR) is 103 cm³/mol. The van der Waals surface area contributed by atoms with Crippen LogP contribution in [0.25, 0.3) is 0 Å². The highest BCUT2D eigenvalue weighted by molar-refractivity contribution is 5.90. The van der Waals surface area contributed by atoms with Gasteiger partial charge in [0.05, 0.1) is 5.69 Å². The van der Waals surface area contributed by atoms with Gasteiger partial charge in [0, 0.05) is 38.0 Å². The second kappa shape index (κ2) is 8.26. The zero-order valence-electron chi connectivity index (χ0n) is 16.3. The Hall–Kier alpha value is -2.48. The molecule has 1 heterocycles. The number of carbonyl (C=O) groups excluding carboxylic acids is 3. The van der Waals surface area contributed by atoms with E-state index in [1.165, 1.54) is 12.1 Å². The zero-order valence-corrected chi connectivity index (χ0v) is 16.3. The van der Waals surface area contributed by atoms with Crippen LogP contribution in [0.1, 0.15) is 31.7 Å². The number of benzene rings is 1. The van der Waals surface area contributed by atoms with Gasteiger partial charge in [0.15, 0.2) is 0 Å². The number of rotatable bonds is 7. The third-order valence-electron chi connectivity index (χ3n) is 5.79. The van der Waals surface area contributed by atoms with Crippen molar-refractivity contribution < 1.29 is 18.8 Å². The van der Waals surface area contributed by atoms with Crippen molar-refractivity contribution in [3.63, 3.8) is 0 Å². The number of piperazine rings is 1. The fraction of sp³-hybridized carbons (Fsp3) is 0.550. The van der Waals surface area contributed by atoms with Crippen LogP contribution < -0.4 is 10.6 Å². The van der Waals surface area contributed by atoms with Crippen LogP contribution in [-0.4, -0.2) is 67.3 Å². The average Bonchev–Trinajstić information content (AvgIpc) is 3.49. The highest BCUT2D eigenvalue weighted by atomic mass is 19.1. The molecule has 7 nitrogen and oxygen atoms in total. The second-order valence-electron chi connectivity index (χ2n) is 7.60. The van der Waals surface area contributed by atoms with Crippen LogP contribution in [0.5, 0.6) is 0 Å². The third kappa shape index (κ3) is 4.01. The molecule has 1 saturated carbocycles. The van der Waals surface area contributed by atoms with Crippen molar-refractivity contribution in [3.05, 3.63) is 29.6 Å². The summed E-state index contributed by atoms with van der Waals surface area (Å²) in [5.41, 5.74) is 0.158.